The Morgan fingerprint density at radius 3 is 2.67 bits per heavy atom. The number of urea groups is 1. The zero-order chi connectivity index (χ0) is 17.5. The standard InChI is InChI=1S/C15H20N6O2S/c1-4-11(3)16-14(23)17-13(22)9-24-15-18-19-20-21(15)12-7-5-10(2)6-8-12/h5-8,11H,4,9H2,1-3H3,(H2,16,17,22,23)/t11-/m0/s1. The summed E-state index contributed by atoms with van der Waals surface area (Å²) in [4.78, 5) is 23.4. The van der Waals surface area contributed by atoms with Crippen LogP contribution >= 0.6 is 11.8 Å². The molecule has 2 aromatic rings. The van der Waals surface area contributed by atoms with Gasteiger partial charge in [0.1, 0.15) is 0 Å². The summed E-state index contributed by atoms with van der Waals surface area (Å²) in [5, 5.41) is 16.9. The Labute approximate surface area is 144 Å². The highest BCUT2D eigenvalue weighted by atomic mass is 32.2. The van der Waals surface area contributed by atoms with Crippen LogP contribution in [-0.4, -0.2) is 43.9 Å². The van der Waals surface area contributed by atoms with Crippen molar-refractivity contribution < 1.29 is 9.59 Å². The number of aromatic nitrogens is 4. The smallest absolute Gasteiger partial charge is 0.321 e. The van der Waals surface area contributed by atoms with Gasteiger partial charge in [-0.25, -0.2) is 4.79 Å². The molecule has 3 amide bonds. The summed E-state index contributed by atoms with van der Waals surface area (Å²) in [6.45, 7) is 5.82. The second-order valence-corrected chi connectivity index (χ2v) is 6.27. The van der Waals surface area contributed by atoms with Crippen LogP contribution in [0, 0.1) is 6.92 Å². The van der Waals surface area contributed by atoms with Crippen molar-refractivity contribution in [3.63, 3.8) is 0 Å². The van der Waals surface area contributed by atoms with E-state index in [-0.39, 0.29) is 11.8 Å². The van der Waals surface area contributed by atoms with Crippen molar-refractivity contribution in [3.05, 3.63) is 29.8 Å². The largest absolute Gasteiger partial charge is 0.335 e. The van der Waals surface area contributed by atoms with E-state index in [0.717, 1.165) is 29.4 Å². The highest BCUT2D eigenvalue weighted by Gasteiger charge is 2.14. The summed E-state index contributed by atoms with van der Waals surface area (Å²) >= 11 is 1.16. The molecule has 128 valence electrons. The fraction of sp³-hybridized carbons (Fsp3) is 0.400. The van der Waals surface area contributed by atoms with Gasteiger partial charge in [0.05, 0.1) is 11.4 Å². The Morgan fingerprint density at radius 2 is 2.00 bits per heavy atom. The molecule has 2 N–H and O–H groups in total. The molecule has 0 aliphatic heterocycles. The van der Waals surface area contributed by atoms with Gasteiger partial charge >= 0.3 is 6.03 Å². The quantitative estimate of drug-likeness (QED) is 0.770. The lowest BCUT2D eigenvalue weighted by Gasteiger charge is -2.11. The minimum Gasteiger partial charge on any atom is -0.335 e. The monoisotopic (exact) mass is 348 g/mol. The van der Waals surface area contributed by atoms with Crippen LogP contribution in [0.4, 0.5) is 4.79 Å². The van der Waals surface area contributed by atoms with E-state index < -0.39 is 11.9 Å². The van der Waals surface area contributed by atoms with Crippen molar-refractivity contribution in [1.29, 1.82) is 0 Å². The van der Waals surface area contributed by atoms with E-state index in [1.165, 1.54) is 0 Å². The van der Waals surface area contributed by atoms with Crippen molar-refractivity contribution in [1.82, 2.24) is 30.8 Å². The van der Waals surface area contributed by atoms with Gasteiger partial charge in [-0.1, -0.05) is 36.4 Å². The number of benzene rings is 1. The molecule has 0 unspecified atom stereocenters. The molecule has 8 nitrogen and oxygen atoms in total. The van der Waals surface area contributed by atoms with Crippen LogP contribution in [0.3, 0.4) is 0 Å². The van der Waals surface area contributed by atoms with Crippen molar-refractivity contribution in [2.24, 2.45) is 0 Å². The number of tetrazole rings is 1. The van der Waals surface area contributed by atoms with E-state index >= 15 is 0 Å². The first-order chi connectivity index (χ1) is 11.5. The summed E-state index contributed by atoms with van der Waals surface area (Å²) in [6, 6.07) is 7.23. The number of rotatable bonds is 6. The molecular weight excluding hydrogens is 328 g/mol. The number of carbonyl (C=O) groups excluding carboxylic acids is 2. The third-order valence-corrected chi connectivity index (χ3v) is 4.21. The maximum absolute atomic E-state index is 11.8. The molecule has 0 spiro atoms. The first-order valence-electron chi connectivity index (χ1n) is 7.58. The predicted octanol–water partition coefficient (Wildman–Crippen LogP) is 1.69. The van der Waals surface area contributed by atoms with Crippen LogP contribution in [0.25, 0.3) is 5.69 Å². The lowest BCUT2D eigenvalue weighted by atomic mass is 10.2. The second kappa shape index (κ2) is 8.44. The average molecular weight is 348 g/mol. The first kappa shape index (κ1) is 17.9. The predicted molar refractivity (Wildman–Crippen MR) is 91.0 cm³/mol. The minimum absolute atomic E-state index is 0.0132. The Morgan fingerprint density at radius 1 is 1.29 bits per heavy atom. The van der Waals surface area contributed by atoms with Gasteiger partial charge in [0.15, 0.2) is 0 Å². The maximum atomic E-state index is 11.8. The number of nitrogens with one attached hydrogen (secondary N) is 2. The number of hydrogen-bond donors (Lipinski definition) is 2. The van der Waals surface area contributed by atoms with Crippen LogP contribution in [0.2, 0.25) is 0 Å². The lowest BCUT2D eigenvalue weighted by Crippen LogP contribution is -2.43. The molecule has 1 aromatic heterocycles. The van der Waals surface area contributed by atoms with E-state index in [1.54, 1.807) is 4.68 Å². The second-order valence-electron chi connectivity index (χ2n) is 5.33. The normalized spacial score (nSPS) is 11.8. The lowest BCUT2D eigenvalue weighted by molar-refractivity contribution is -0.117. The summed E-state index contributed by atoms with van der Waals surface area (Å²) in [5.74, 6) is -0.362. The zero-order valence-corrected chi connectivity index (χ0v) is 14.6. The molecule has 1 heterocycles. The Hall–Kier alpha value is -2.42. The molecule has 0 bridgehead atoms. The van der Waals surface area contributed by atoms with Gasteiger partial charge in [-0.15, -0.1) is 5.10 Å². The number of carbonyl (C=O) groups is 2. The number of amides is 3. The molecule has 24 heavy (non-hydrogen) atoms. The molecule has 0 fully saturated rings. The summed E-state index contributed by atoms with van der Waals surface area (Å²) in [5.41, 5.74) is 1.94. The van der Waals surface area contributed by atoms with Crippen LogP contribution in [-0.2, 0) is 4.79 Å². The molecule has 0 aliphatic rings. The van der Waals surface area contributed by atoms with Gasteiger partial charge in [0.25, 0.3) is 0 Å². The topological polar surface area (TPSA) is 102 Å². The SMILES string of the molecule is CC[C@H](C)NC(=O)NC(=O)CSc1nnnn1-c1ccc(C)cc1. The Bertz CT molecular complexity index is 700. The molecule has 0 saturated heterocycles. The molecule has 9 heteroatoms. The summed E-state index contributed by atoms with van der Waals surface area (Å²) in [6.07, 6.45) is 0.793. The average Bonchev–Trinajstić information content (AvgIpc) is 3.02. The molecule has 0 aliphatic carbocycles. The third kappa shape index (κ3) is 5.05. The zero-order valence-electron chi connectivity index (χ0n) is 13.8. The van der Waals surface area contributed by atoms with Gasteiger partial charge in [0.2, 0.25) is 11.1 Å². The van der Waals surface area contributed by atoms with Crippen molar-refractivity contribution in [2.75, 3.05) is 5.75 Å². The van der Waals surface area contributed by atoms with E-state index in [4.69, 9.17) is 0 Å². The number of aryl methyl sites for hydroxylation is 1. The minimum atomic E-state index is -0.493. The molecule has 2 rings (SSSR count). The molecule has 0 saturated carbocycles. The van der Waals surface area contributed by atoms with E-state index in [2.05, 4.69) is 26.2 Å². The van der Waals surface area contributed by atoms with Gasteiger partial charge in [0, 0.05) is 6.04 Å². The molecule has 0 radical (unpaired) electrons. The Kier molecular flexibility index (Phi) is 6.30. The van der Waals surface area contributed by atoms with Crippen LogP contribution < -0.4 is 10.6 Å². The van der Waals surface area contributed by atoms with Gasteiger partial charge in [-0.2, -0.15) is 4.68 Å². The molecule has 1 atom stereocenters. The highest BCUT2D eigenvalue weighted by molar-refractivity contribution is 7.99. The summed E-state index contributed by atoms with van der Waals surface area (Å²) < 4.78 is 1.55. The third-order valence-electron chi connectivity index (χ3n) is 3.29. The van der Waals surface area contributed by atoms with Gasteiger partial charge in [-0.05, 0) is 42.8 Å². The van der Waals surface area contributed by atoms with Crippen LogP contribution in [0.15, 0.2) is 29.4 Å². The summed E-state index contributed by atoms with van der Waals surface area (Å²) in [7, 11) is 0. The number of hydrogen-bond acceptors (Lipinski definition) is 6. The Balaban J connectivity index is 1.91. The number of nitrogens with zero attached hydrogens (tertiary/aromatic N) is 4. The van der Waals surface area contributed by atoms with Crippen molar-refractivity contribution in [2.45, 2.75) is 38.4 Å². The van der Waals surface area contributed by atoms with Crippen molar-refractivity contribution >= 4 is 23.7 Å². The van der Waals surface area contributed by atoms with Crippen LogP contribution in [0.1, 0.15) is 25.8 Å². The molecule has 1 aromatic carbocycles. The van der Waals surface area contributed by atoms with Crippen LogP contribution in [0.5, 0.6) is 0 Å². The van der Waals surface area contributed by atoms with Gasteiger partial charge in [-0.3, -0.25) is 10.1 Å². The first-order valence-corrected chi connectivity index (χ1v) is 8.56. The number of imide groups is 1. The highest BCUT2D eigenvalue weighted by Crippen LogP contribution is 2.18. The van der Waals surface area contributed by atoms with Crippen molar-refractivity contribution in [3.8, 4) is 5.69 Å². The maximum Gasteiger partial charge on any atom is 0.321 e. The fourth-order valence-electron chi connectivity index (χ4n) is 1.77. The van der Waals surface area contributed by atoms with E-state index in [9.17, 15) is 9.59 Å². The fourth-order valence-corrected chi connectivity index (χ4v) is 2.46. The number of thioether (sulfide) groups is 1. The van der Waals surface area contributed by atoms with Gasteiger partial charge < -0.3 is 5.32 Å². The van der Waals surface area contributed by atoms with E-state index in [1.807, 2.05) is 45.0 Å². The molecular formula is C15H20N6O2S. The van der Waals surface area contributed by atoms with E-state index in [0.29, 0.717) is 5.16 Å².